The second-order valence-corrected chi connectivity index (χ2v) is 9.21. The van der Waals surface area contributed by atoms with Crippen LogP contribution in [-0.4, -0.2) is 56.9 Å². The Morgan fingerprint density at radius 3 is 2.67 bits per heavy atom. The molecule has 0 aliphatic carbocycles. The van der Waals surface area contributed by atoms with Gasteiger partial charge in [-0.3, -0.25) is 4.40 Å². The van der Waals surface area contributed by atoms with Crippen LogP contribution in [0.5, 0.6) is 0 Å². The predicted octanol–water partition coefficient (Wildman–Crippen LogP) is -0.852. The zero-order chi connectivity index (χ0) is 15.8. The molecular weight excluding hydrogens is 338 g/mol. The van der Waals surface area contributed by atoms with Crippen molar-refractivity contribution in [2.75, 3.05) is 32.1 Å². The molecule has 0 aromatic carbocycles. The van der Waals surface area contributed by atoms with Crippen molar-refractivity contribution in [3.05, 3.63) is 11.6 Å². The molecule has 3 N–H and O–H groups in total. The number of hydrogen-bond donors (Lipinski definition) is 2. The van der Waals surface area contributed by atoms with Crippen molar-refractivity contribution in [2.24, 2.45) is 0 Å². The Morgan fingerprint density at radius 2 is 2.05 bits per heavy atom. The largest absolute Gasteiger partial charge is 0.381 e. The fourth-order valence-electron chi connectivity index (χ4n) is 1.60. The maximum atomic E-state index is 12.2. The molecule has 12 heteroatoms. The van der Waals surface area contributed by atoms with Crippen molar-refractivity contribution in [3.8, 4) is 0 Å². The quantitative estimate of drug-likeness (QED) is 0.696. The normalized spacial score (nSPS) is 13.3. The minimum Gasteiger partial charge on any atom is -0.381 e. The average Bonchev–Trinajstić information content (AvgIpc) is 2.86. The van der Waals surface area contributed by atoms with Crippen LogP contribution < -0.4 is 10.5 Å². The molecule has 9 nitrogen and oxygen atoms in total. The lowest BCUT2D eigenvalue weighted by atomic mass is 10.8. The number of nitrogens with two attached hydrogens (primary N) is 1. The van der Waals surface area contributed by atoms with Gasteiger partial charge in [-0.2, -0.15) is 0 Å². The fraction of sp³-hybridized carbons (Fsp3) is 0.444. The van der Waals surface area contributed by atoms with Crippen molar-refractivity contribution in [2.45, 2.75) is 5.03 Å². The summed E-state index contributed by atoms with van der Waals surface area (Å²) in [5, 5.41) is 1.50. The van der Waals surface area contributed by atoms with Crippen molar-refractivity contribution >= 4 is 42.2 Å². The minimum atomic E-state index is -3.94. The highest BCUT2D eigenvalue weighted by Gasteiger charge is 2.25. The van der Waals surface area contributed by atoms with Crippen molar-refractivity contribution < 1.29 is 16.8 Å². The zero-order valence-corrected chi connectivity index (χ0v) is 13.8. The highest BCUT2D eigenvalue weighted by Crippen LogP contribution is 2.22. The number of hydrogen-bond acceptors (Lipinski definition) is 7. The number of imidazole rings is 1. The Bertz CT molecular complexity index is 849. The monoisotopic (exact) mass is 353 g/mol. The second-order valence-electron chi connectivity index (χ2n) is 4.35. The number of anilines is 1. The van der Waals surface area contributed by atoms with E-state index in [4.69, 9.17) is 5.73 Å². The Hall–Kier alpha value is -1.21. The molecule has 0 saturated heterocycles. The van der Waals surface area contributed by atoms with E-state index in [1.54, 1.807) is 5.38 Å². The summed E-state index contributed by atoms with van der Waals surface area (Å²) < 4.78 is 52.2. The van der Waals surface area contributed by atoms with Crippen LogP contribution in [0.1, 0.15) is 0 Å². The summed E-state index contributed by atoms with van der Waals surface area (Å²) in [6.45, 7) is -0.250. The molecule has 0 fully saturated rings. The van der Waals surface area contributed by atoms with E-state index >= 15 is 0 Å². The van der Waals surface area contributed by atoms with Crippen molar-refractivity contribution in [1.82, 2.24) is 18.4 Å². The van der Waals surface area contributed by atoms with Crippen molar-refractivity contribution in [3.63, 3.8) is 0 Å². The van der Waals surface area contributed by atoms with Gasteiger partial charge in [0, 0.05) is 32.2 Å². The van der Waals surface area contributed by atoms with Gasteiger partial charge in [0.05, 0.1) is 5.75 Å². The molecule has 0 atom stereocenters. The number of fused-ring (bicyclic) bond motifs is 1. The van der Waals surface area contributed by atoms with Gasteiger partial charge in [0.25, 0.3) is 10.0 Å². The van der Waals surface area contributed by atoms with Crippen LogP contribution in [0, 0.1) is 0 Å². The molecule has 0 radical (unpaired) electrons. The van der Waals surface area contributed by atoms with Crippen LogP contribution in [0.3, 0.4) is 0 Å². The zero-order valence-electron chi connectivity index (χ0n) is 11.3. The number of nitrogens with zero attached hydrogens (tertiary/aromatic N) is 3. The smallest absolute Gasteiger partial charge is 0.260 e. The number of sulfonamides is 2. The van der Waals surface area contributed by atoms with Crippen LogP contribution in [0.2, 0.25) is 0 Å². The van der Waals surface area contributed by atoms with E-state index in [-0.39, 0.29) is 23.1 Å². The lowest BCUT2D eigenvalue weighted by Crippen LogP contribution is -2.34. The molecule has 0 bridgehead atoms. The number of thiazole rings is 1. The number of aromatic nitrogens is 2. The van der Waals surface area contributed by atoms with E-state index in [2.05, 4.69) is 9.71 Å². The summed E-state index contributed by atoms with van der Waals surface area (Å²) in [4.78, 5) is 4.39. The first kappa shape index (κ1) is 16.2. The number of nitrogens with one attached hydrogen (secondary N) is 1. The molecule has 0 amide bonds. The molecule has 2 heterocycles. The molecule has 2 aromatic rings. The molecule has 21 heavy (non-hydrogen) atoms. The summed E-state index contributed by atoms with van der Waals surface area (Å²) in [6.07, 6.45) is 1.54. The van der Waals surface area contributed by atoms with Crippen LogP contribution in [0.4, 0.5) is 5.82 Å². The first-order valence-electron chi connectivity index (χ1n) is 5.76. The van der Waals surface area contributed by atoms with Crippen LogP contribution in [-0.2, 0) is 20.0 Å². The number of nitrogen functional groups attached to an aromatic ring is 1. The van der Waals surface area contributed by atoms with Crippen LogP contribution in [0.15, 0.2) is 16.6 Å². The van der Waals surface area contributed by atoms with E-state index in [0.717, 1.165) is 4.31 Å². The van der Waals surface area contributed by atoms with Crippen LogP contribution >= 0.6 is 11.3 Å². The van der Waals surface area contributed by atoms with Gasteiger partial charge >= 0.3 is 0 Å². The molecule has 0 aliphatic heterocycles. The van der Waals surface area contributed by atoms with Gasteiger partial charge in [0.1, 0.15) is 0 Å². The molecule has 118 valence electrons. The molecule has 0 aliphatic rings. The standard InChI is InChI=1S/C9H15N5O4S3/c1-13(2)20(15,16)6-3-11-21(17,18)8-7(10)12-9-14(8)4-5-19-9/h4-5,11H,3,6,10H2,1-2H3. The maximum absolute atomic E-state index is 12.2. The van der Waals surface area contributed by atoms with Gasteiger partial charge in [-0.25, -0.2) is 30.8 Å². The first-order valence-corrected chi connectivity index (χ1v) is 9.73. The lowest BCUT2D eigenvalue weighted by molar-refractivity contribution is 0.519. The third kappa shape index (κ3) is 3.18. The SMILES string of the molecule is CN(C)S(=O)(=O)CCNS(=O)(=O)c1c(N)nc2sccn12. The maximum Gasteiger partial charge on any atom is 0.260 e. The van der Waals surface area contributed by atoms with Gasteiger partial charge in [-0.15, -0.1) is 11.3 Å². The van der Waals surface area contributed by atoms with E-state index < -0.39 is 20.0 Å². The molecule has 2 rings (SSSR count). The molecule has 0 saturated carbocycles. The van der Waals surface area contributed by atoms with Gasteiger partial charge < -0.3 is 5.73 Å². The van der Waals surface area contributed by atoms with Gasteiger partial charge in [-0.05, 0) is 0 Å². The topological polar surface area (TPSA) is 127 Å². The van der Waals surface area contributed by atoms with Crippen molar-refractivity contribution in [1.29, 1.82) is 0 Å². The number of rotatable bonds is 6. The minimum absolute atomic E-state index is 0.121. The Labute approximate surface area is 126 Å². The summed E-state index contributed by atoms with van der Waals surface area (Å²) in [5.74, 6) is -0.463. The van der Waals surface area contributed by atoms with E-state index in [9.17, 15) is 16.8 Å². The third-order valence-electron chi connectivity index (χ3n) is 2.71. The summed E-state index contributed by atoms with van der Waals surface area (Å²) in [5.41, 5.74) is 5.62. The molecule has 0 spiro atoms. The third-order valence-corrected chi connectivity index (χ3v) is 6.79. The highest BCUT2D eigenvalue weighted by molar-refractivity contribution is 7.90. The van der Waals surface area contributed by atoms with E-state index in [1.165, 1.54) is 36.0 Å². The van der Waals surface area contributed by atoms with E-state index in [0.29, 0.717) is 4.96 Å². The highest BCUT2D eigenvalue weighted by atomic mass is 32.2. The van der Waals surface area contributed by atoms with Gasteiger partial charge in [-0.1, -0.05) is 0 Å². The molecule has 2 aromatic heterocycles. The van der Waals surface area contributed by atoms with Crippen LogP contribution in [0.25, 0.3) is 4.96 Å². The average molecular weight is 353 g/mol. The Balaban J connectivity index is 2.20. The van der Waals surface area contributed by atoms with Gasteiger partial charge in [0.15, 0.2) is 15.8 Å². The van der Waals surface area contributed by atoms with Gasteiger partial charge in [0.2, 0.25) is 10.0 Å². The summed E-state index contributed by atoms with van der Waals surface area (Å²) >= 11 is 1.25. The lowest BCUT2D eigenvalue weighted by Gasteiger charge is -2.11. The second kappa shape index (κ2) is 5.53. The van der Waals surface area contributed by atoms with E-state index in [1.807, 2.05) is 0 Å². The molecular formula is C9H15N5O4S3. The first-order chi connectivity index (χ1) is 9.65. The molecule has 0 unspecified atom stereocenters. The summed E-state index contributed by atoms with van der Waals surface area (Å²) in [7, 11) is -4.65. The Kier molecular flexibility index (Phi) is 4.26. The Morgan fingerprint density at radius 1 is 1.38 bits per heavy atom. The fourth-order valence-corrected chi connectivity index (χ4v) is 4.47. The summed E-state index contributed by atoms with van der Waals surface area (Å²) in [6, 6.07) is 0. The predicted molar refractivity (Wildman–Crippen MR) is 80.1 cm³/mol.